The zero-order valence-corrected chi connectivity index (χ0v) is 16.9. The summed E-state index contributed by atoms with van der Waals surface area (Å²) in [6.07, 6.45) is 0. The Kier molecular flexibility index (Phi) is 6.47. The van der Waals surface area contributed by atoms with E-state index in [0.29, 0.717) is 12.1 Å². The molecule has 3 aromatic rings. The lowest BCUT2D eigenvalue weighted by Gasteiger charge is -2.20. The summed E-state index contributed by atoms with van der Waals surface area (Å²) in [4.78, 5) is 30.3. The minimum atomic E-state index is -0.172. The maximum atomic E-state index is 12.5. The van der Waals surface area contributed by atoms with E-state index in [4.69, 9.17) is 0 Å². The number of thiazole rings is 1. The summed E-state index contributed by atoms with van der Waals surface area (Å²) >= 11 is 3.39. The molecule has 0 fully saturated rings. The maximum absolute atomic E-state index is 12.5. The average molecular weight is 400 g/mol. The van der Waals surface area contributed by atoms with Crippen LogP contribution in [0.2, 0.25) is 0 Å². The van der Waals surface area contributed by atoms with Crippen molar-refractivity contribution in [3.8, 4) is 0 Å². The molecule has 0 unspecified atom stereocenters. The van der Waals surface area contributed by atoms with Gasteiger partial charge in [0.2, 0.25) is 5.91 Å². The molecule has 27 heavy (non-hydrogen) atoms. The summed E-state index contributed by atoms with van der Waals surface area (Å²) in [5.41, 5.74) is 2.75. The fraction of sp³-hybridized carbons (Fsp3) is 0.250. The molecule has 0 saturated heterocycles. The second-order valence-electron chi connectivity index (χ2n) is 5.93. The Morgan fingerprint density at radius 3 is 2.56 bits per heavy atom. The van der Waals surface area contributed by atoms with Crippen LogP contribution in [-0.4, -0.2) is 41.8 Å². The SMILES string of the molecule is CCN(CC(=O)NC)C(=O)c1ccc(CSc2nc3ccccc3s2)cc1. The molecule has 0 spiro atoms. The molecule has 1 N–H and O–H groups in total. The van der Waals surface area contributed by atoms with Crippen LogP contribution in [0.25, 0.3) is 10.2 Å². The predicted molar refractivity (Wildman–Crippen MR) is 111 cm³/mol. The van der Waals surface area contributed by atoms with Crippen LogP contribution in [0.1, 0.15) is 22.8 Å². The molecule has 0 aliphatic carbocycles. The standard InChI is InChI=1S/C20H21N3O2S2/c1-3-23(12-18(24)21-2)19(25)15-10-8-14(9-11-15)13-26-20-22-16-6-4-5-7-17(16)27-20/h4-11H,3,12-13H2,1-2H3,(H,21,24). The molecule has 2 amide bonds. The van der Waals surface area contributed by atoms with Crippen molar-refractivity contribution in [3.63, 3.8) is 0 Å². The van der Waals surface area contributed by atoms with Crippen molar-refractivity contribution in [1.82, 2.24) is 15.2 Å². The summed E-state index contributed by atoms with van der Waals surface area (Å²) < 4.78 is 2.23. The first-order valence-electron chi connectivity index (χ1n) is 8.68. The van der Waals surface area contributed by atoms with Crippen LogP contribution >= 0.6 is 23.1 Å². The van der Waals surface area contributed by atoms with Gasteiger partial charge in [0, 0.05) is 24.9 Å². The fourth-order valence-electron chi connectivity index (χ4n) is 2.56. The van der Waals surface area contributed by atoms with Gasteiger partial charge in [0.05, 0.1) is 16.8 Å². The fourth-order valence-corrected chi connectivity index (χ4v) is 4.59. The van der Waals surface area contributed by atoms with Crippen molar-refractivity contribution < 1.29 is 9.59 Å². The van der Waals surface area contributed by atoms with Crippen molar-refractivity contribution in [3.05, 3.63) is 59.7 Å². The molecule has 2 aromatic carbocycles. The molecule has 7 heteroatoms. The number of nitrogens with zero attached hydrogens (tertiary/aromatic N) is 2. The first kappa shape index (κ1) is 19.4. The van der Waals surface area contributed by atoms with Crippen LogP contribution in [0, 0.1) is 0 Å². The summed E-state index contributed by atoms with van der Waals surface area (Å²) in [5, 5.41) is 2.55. The number of aromatic nitrogens is 1. The van der Waals surface area contributed by atoms with Crippen LogP contribution in [0.4, 0.5) is 0 Å². The quantitative estimate of drug-likeness (QED) is 0.614. The van der Waals surface area contributed by atoms with Crippen molar-refractivity contribution >= 4 is 45.1 Å². The third kappa shape index (κ3) is 4.87. The first-order chi connectivity index (χ1) is 13.1. The van der Waals surface area contributed by atoms with Gasteiger partial charge in [-0.1, -0.05) is 36.0 Å². The molecule has 0 atom stereocenters. The van der Waals surface area contributed by atoms with Gasteiger partial charge in [-0.05, 0) is 36.8 Å². The van der Waals surface area contributed by atoms with Gasteiger partial charge in [-0.25, -0.2) is 4.98 Å². The highest BCUT2D eigenvalue weighted by Crippen LogP contribution is 2.31. The Morgan fingerprint density at radius 2 is 1.89 bits per heavy atom. The van der Waals surface area contributed by atoms with Crippen LogP contribution in [0.5, 0.6) is 0 Å². The second-order valence-corrected chi connectivity index (χ2v) is 8.18. The highest BCUT2D eigenvalue weighted by Gasteiger charge is 2.16. The molecule has 0 aliphatic rings. The van der Waals surface area contributed by atoms with Gasteiger partial charge in [0.15, 0.2) is 4.34 Å². The van der Waals surface area contributed by atoms with E-state index in [9.17, 15) is 9.59 Å². The van der Waals surface area contributed by atoms with Gasteiger partial charge >= 0.3 is 0 Å². The van der Waals surface area contributed by atoms with Crippen molar-refractivity contribution in [2.24, 2.45) is 0 Å². The Bertz CT molecular complexity index is 905. The summed E-state index contributed by atoms with van der Waals surface area (Å²) in [6, 6.07) is 15.7. The Hall–Kier alpha value is -2.38. The van der Waals surface area contributed by atoms with Gasteiger partial charge < -0.3 is 10.2 Å². The second kappa shape index (κ2) is 9.01. The van der Waals surface area contributed by atoms with E-state index in [1.165, 1.54) is 9.60 Å². The van der Waals surface area contributed by atoms with Crippen LogP contribution in [0.15, 0.2) is 52.9 Å². The zero-order valence-electron chi connectivity index (χ0n) is 15.3. The van der Waals surface area contributed by atoms with E-state index in [1.807, 2.05) is 49.4 Å². The Labute approximate surface area is 166 Å². The number of thioether (sulfide) groups is 1. The lowest BCUT2D eigenvalue weighted by Crippen LogP contribution is -2.39. The normalized spacial score (nSPS) is 10.7. The van der Waals surface area contributed by atoms with Gasteiger partial charge in [0.25, 0.3) is 5.91 Å². The van der Waals surface area contributed by atoms with E-state index in [2.05, 4.69) is 16.4 Å². The molecular weight excluding hydrogens is 378 g/mol. The van der Waals surface area contributed by atoms with E-state index < -0.39 is 0 Å². The van der Waals surface area contributed by atoms with E-state index >= 15 is 0 Å². The van der Waals surface area contributed by atoms with E-state index in [-0.39, 0.29) is 18.4 Å². The minimum absolute atomic E-state index is 0.0705. The highest BCUT2D eigenvalue weighted by atomic mass is 32.2. The molecule has 0 aliphatic heterocycles. The van der Waals surface area contributed by atoms with Gasteiger partial charge in [-0.2, -0.15) is 0 Å². The van der Waals surface area contributed by atoms with E-state index in [0.717, 1.165) is 21.2 Å². The lowest BCUT2D eigenvalue weighted by atomic mass is 10.1. The van der Waals surface area contributed by atoms with Crippen molar-refractivity contribution in [1.29, 1.82) is 0 Å². The predicted octanol–water partition coefficient (Wildman–Crippen LogP) is 3.80. The molecule has 140 valence electrons. The van der Waals surface area contributed by atoms with Crippen LogP contribution < -0.4 is 5.32 Å². The Balaban J connectivity index is 1.62. The van der Waals surface area contributed by atoms with E-state index in [1.54, 1.807) is 30.1 Å². The largest absolute Gasteiger partial charge is 0.358 e. The number of hydrogen-bond donors (Lipinski definition) is 1. The smallest absolute Gasteiger partial charge is 0.254 e. The number of likely N-dealkylation sites (N-methyl/N-ethyl adjacent to an activating group) is 2. The van der Waals surface area contributed by atoms with Gasteiger partial charge in [-0.15, -0.1) is 11.3 Å². The van der Waals surface area contributed by atoms with Crippen molar-refractivity contribution in [2.75, 3.05) is 20.1 Å². The minimum Gasteiger partial charge on any atom is -0.358 e. The van der Waals surface area contributed by atoms with Crippen molar-refractivity contribution in [2.45, 2.75) is 17.0 Å². The number of carbonyl (C=O) groups is 2. The number of hydrogen-bond acceptors (Lipinski definition) is 5. The maximum Gasteiger partial charge on any atom is 0.254 e. The van der Waals surface area contributed by atoms with Gasteiger partial charge in [0.1, 0.15) is 0 Å². The monoisotopic (exact) mass is 399 g/mol. The molecule has 0 radical (unpaired) electrons. The number of carbonyl (C=O) groups excluding carboxylic acids is 2. The number of fused-ring (bicyclic) bond motifs is 1. The third-order valence-electron chi connectivity index (χ3n) is 4.12. The molecule has 5 nitrogen and oxygen atoms in total. The van der Waals surface area contributed by atoms with Gasteiger partial charge in [-0.3, -0.25) is 9.59 Å². The molecule has 1 heterocycles. The number of amides is 2. The zero-order chi connectivity index (χ0) is 19.2. The number of nitrogens with one attached hydrogen (secondary N) is 1. The average Bonchev–Trinajstić information content (AvgIpc) is 3.13. The summed E-state index contributed by atoms with van der Waals surface area (Å²) in [5.74, 6) is 0.491. The third-order valence-corrected chi connectivity index (χ3v) is 6.37. The highest BCUT2D eigenvalue weighted by molar-refractivity contribution is 8.00. The molecule has 3 rings (SSSR count). The topological polar surface area (TPSA) is 62.3 Å². The number of benzene rings is 2. The Morgan fingerprint density at radius 1 is 1.15 bits per heavy atom. The van der Waals surface area contributed by atoms with Crippen LogP contribution in [0.3, 0.4) is 0 Å². The molecular formula is C20H21N3O2S2. The lowest BCUT2D eigenvalue weighted by molar-refractivity contribution is -0.121. The molecule has 0 saturated carbocycles. The summed E-state index contributed by atoms with van der Waals surface area (Å²) in [6.45, 7) is 2.42. The molecule has 1 aromatic heterocycles. The molecule has 0 bridgehead atoms. The number of para-hydroxylation sites is 1. The number of rotatable bonds is 7. The van der Waals surface area contributed by atoms with Crippen LogP contribution in [-0.2, 0) is 10.5 Å². The first-order valence-corrected chi connectivity index (χ1v) is 10.5. The summed E-state index contributed by atoms with van der Waals surface area (Å²) in [7, 11) is 1.57.